The molecule has 61 heavy (non-hydrogen) atoms. The number of fused-ring (bicyclic) bond motifs is 1. The SMILES string of the molecule is CC(C)N1C(=O)N(c2ccc(N3CCN(c4ccc(OC[C@H]5OC[C@](Cn6cncn6)(c6ccc(F)cc6F)O5)cc4)CC3)cc2)CC1(NC(N)=O)C1Cc2ccccc2O1. The fraction of sp³-hybridized carbons (Fsp3) is 0.364. The van der Waals surface area contributed by atoms with E-state index >= 15 is 0 Å². The van der Waals surface area contributed by atoms with Gasteiger partial charge in [-0.1, -0.05) is 24.3 Å². The fourth-order valence-corrected chi connectivity index (χ4v) is 9.03. The van der Waals surface area contributed by atoms with E-state index in [1.165, 1.54) is 29.5 Å². The Morgan fingerprint density at radius 2 is 1.64 bits per heavy atom. The molecule has 0 radical (unpaired) electrons. The Morgan fingerprint density at radius 1 is 0.951 bits per heavy atom. The number of nitrogens with zero attached hydrogens (tertiary/aromatic N) is 7. The van der Waals surface area contributed by atoms with Gasteiger partial charge in [0.05, 0.1) is 19.7 Å². The van der Waals surface area contributed by atoms with Crippen LogP contribution in [0.1, 0.15) is 25.0 Å². The smallest absolute Gasteiger partial charge is 0.326 e. The number of hydrogen-bond donors (Lipinski definition) is 2. The normalized spacial score (nSPS) is 23.7. The number of halogens is 2. The number of hydrogen-bond acceptors (Lipinski definition) is 10. The van der Waals surface area contributed by atoms with Crippen molar-refractivity contribution in [2.45, 2.75) is 56.5 Å². The summed E-state index contributed by atoms with van der Waals surface area (Å²) in [5, 5.41) is 7.08. The molecule has 3 saturated heterocycles. The Kier molecular flexibility index (Phi) is 10.6. The highest BCUT2D eigenvalue weighted by Gasteiger charge is 2.59. The van der Waals surface area contributed by atoms with E-state index in [4.69, 9.17) is 24.7 Å². The molecule has 4 aliphatic heterocycles. The summed E-state index contributed by atoms with van der Waals surface area (Å²) in [5.41, 5.74) is 7.29. The van der Waals surface area contributed by atoms with Crippen LogP contribution in [0.2, 0.25) is 0 Å². The molecular formula is C44H47F2N9O6. The van der Waals surface area contributed by atoms with E-state index in [9.17, 15) is 18.4 Å². The number of anilines is 3. The van der Waals surface area contributed by atoms with Gasteiger partial charge in [0.1, 0.15) is 54.1 Å². The predicted molar refractivity (Wildman–Crippen MR) is 221 cm³/mol. The Balaban J connectivity index is 0.803. The van der Waals surface area contributed by atoms with Crippen LogP contribution < -0.4 is 35.2 Å². The van der Waals surface area contributed by atoms with Crippen molar-refractivity contribution < 1.29 is 37.3 Å². The van der Waals surface area contributed by atoms with Gasteiger partial charge in [-0.05, 0) is 80.1 Å². The van der Waals surface area contributed by atoms with Crippen LogP contribution in [0.5, 0.6) is 11.5 Å². The average Bonchev–Trinajstić information content (AvgIpc) is 4.07. The van der Waals surface area contributed by atoms with Crippen LogP contribution in [0, 0.1) is 11.6 Å². The molecule has 4 atom stereocenters. The number of para-hydroxylation sites is 1. The number of rotatable bonds is 12. The largest absolute Gasteiger partial charge is 0.488 e. The number of piperazine rings is 1. The molecule has 0 aliphatic carbocycles. The molecule has 9 rings (SSSR count). The number of carbonyl (C=O) groups excluding carboxylic acids is 2. The molecule has 4 aromatic carbocycles. The van der Waals surface area contributed by atoms with E-state index in [2.05, 4.69) is 25.2 Å². The molecule has 2 unspecified atom stereocenters. The van der Waals surface area contributed by atoms with Gasteiger partial charge in [0.25, 0.3) is 0 Å². The van der Waals surface area contributed by atoms with Gasteiger partial charge in [-0.15, -0.1) is 0 Å². The predicted octanol–water partition coefficient (Wildman–Crippen LogP) is 5.25. The molecule has 0 saturated carbocycles. The molecule has 0 spiro atoms. The van der Waals surface area contributed by atoms with Gasteiger partial charge in [0.2, 0.25) is 0 Å². The van der Waals surface area contributed by atoms with Crippen molar-refractivity contribution in [2.24, 2.45) is 5.73 Å². The van der Waals surface area contributed by atoms with Crippen LogP contribution in [0.4, 0.5) is 35.4 Å². The third-order valence-electron chi connectivity index (χ3n) is 11.9. The number of primary amides is 1. The van der Waals surface area contributed by atoms with E-state index in [1.54, 1.807) is 9.80 Å². The summed E-state index contributed by atoms with van der Waals surface area (Å²) < 4.78 is 54.9. The summed E-state index contributed by atoms with van der Waals surface area (Å²) in [5.74, 6) is -0.0680. The summed E-state index contributed by atoms with van der Waals surface area (Å²) in [6, 6.07) is 25.7. The zero-order valence-corrected chi connectivity index (χ0v) is 33.8. The maximum Gasteiger partial charge on any atom is 0.326 e. The minimum Gasteiger partial charge on any atom is -0.488 e. The van der Waals surface area contributed by atoms with E-state index in [1.807, 2.05) is 86.6 Å². The van der Waals surface area contributed by atoms with Crippen molar-refractivity contribution in [1.29, 1.82) is 0 Å². The van der Waals surface area contributed by atoms with Gasteiger partial charge in [0.15, 0.2) is 12.0 Å². The molecule has 15 nitrogen and oxygen atoms in total. The molecule has 318 valence electrons. The van der Waals surface area contributed by atoms with Gasteiger partial charge in [-0.2, -0.15) is 5.10 Å². The van der Waals surface area contributed by atoms with Crippen LogP contribution in [0.3, 0.4) is 0 Å². The number of urea groups is 2. The molecule has 4 aliphatic rings. The zero-order valence-electron chi connectivity index (χ0n) is 33.8. The maximum atomic E-state index is 15.0. The van der Waals surface area contributed by atoms with Gasteiger partial charge in [-0.25, -0.2) is 28.0 Å². The van der Waals surface area contributed by atoms with Crippen molar-refractivity contribution >= 4 is 29.1 Å². The second kappa shape index (κ2) is 16.2. The van der Waals surface area contributed by atoms with Crippen molar-refractivity contribution in [3.05, 3.63) is 126 Å². The van der Waals surface area contributed by atoms with E-state index in [0.717, 1.165) is 54.9 Å². The highest BCUT2D eigenvalue weighted by atomic mass is 19.1. The Labute approximate surface area is 351 Å². The van der Waals surface area contributed by atoms with Gasteiger partial charge in [-0.3, -0.25) is 9.80 Å². The van der Waals surface area contributed by atoms with E-state index in [0.29, 0.717) is 17.9 Å². The highest BCUT2D eigenvalue weighted by Crippen LogP contribution is 2.41. The first-order valence-corrected chi connectivity index (χ1v) is 20.3. The molecule has 5 aromatic rings. The number of amides is 4. The monoisotopic (exact) mass is 835 g/mol. The molecular weight excluding hydrogens is 789 g/mol. The topological polar surface area (TPSA) is 153 Å². The number of ether oxygens (including phenoxy) is 4. The van der Waals surface area contributed by atoms with E-state index < -0.39 is 41.3 Å². The second-order valence-corrected chi connectivity index (χ2v) is 16.0. The van der Waals surface area contributed by atoms with Crippen molar-refractivity contribution in [1.82, 2.24) is 25.0 Å². The van der Waals surface area contributed by atoms with Crippen LogP contribution in [-0.4, -0.2) is 102 Å². The summed E-state index contributed by atoms with van der Waals surface area (Å²) in [7, 11) is 0. The summed E-state index contributed by atoms with van der Waals surface area (Å²) in [6.45, 7) is 7.33. The van der Waals surface area contributed by atoms with Gasteiger partial charge >= 0.3 is 12.1 Å². The van der Waals surface area contributed by atoms with Gasteiger partial charge < -0.3 is 39.8 Å². The van der Waals surface area contributed by atoms with Crippen LogP contribution in [0.15, 0.2) is 104 Å². The third-order valence-corrected chi connectivity index (χ3v) is 11.9. The van der Waals surface area contributed by atoms with Crippen LogP contribution in [0.25, 0.3) is 0 Å². The molecule has 17 heteroatoms. The average molecular weight is 836 g/mol. The molecule has 0 bridgehead atoms. The molecule has 3 N–H and O–H groups in total. The first-order valence-electron chi connectivity index (χ1n) is 20.3. The molecule has 3 fully saturated rings. The third kappa shape index (κ3) is 7.74. The molecule has 5 heterocycles. The number of aromatic nitrogens is 3. The lowest BCUT2D eigenvalue weighted by atomic mass is 9.94. The summed E-state index contributed by atoms with van der Waals surface area (Å²) >= 11 is 0. The lowest BCUT2D eigenvalue weighted by Gasteiger charge is -2.42. The summed E-state index contributed by atoms with van der Waals surface area (Å²) in [6.07, 6.45) is 2.05. The highest BCUT2D eigenvalue weighted by molar-refractivity contribution is 5.96. The van der Waals surface area contributed by atoms with Crippen molar-refractivity contribution in [3.8, 4) is 11.5 Å². The Morgan fingerprint density at radius 3 is 2.28 bits per heavy atom. The zero-order chi connectivity index (χ0) is 42.3. The van der Waals surface area contributed by atoms with Gasteiger partial charge in [0, 0.05) is 67.3 Å². The Hall–Kier alpha value is -6.46. The second-order valence-electron chi connectivity index (χ2n) is 16.0. The van der Waals surface area contributed by atoms with E-state index in [-0.39, 0.29) is 43.9 Å². The molecule has 1 aromatic heterocycles. The standard InChI is InChI=1S/C44H47F2N9O6/c1-29(2)55-42(57)54(25-44(55,50-41(47)56)39-21-30-5-3-4-6-38(30)60-39)34-10-8-32(9-11-34)51-17-19-52(20-18-51)33-12-14-35(15-13-33)58-23-40-59-26-43(61-40,24-53-28-48-27-49-53)36-16-7-31(45)22-37(36)46/h3-16,22,27-29,39-40H,17-21,23-26H2,1-2H3,(H3,47,50,56)/t39?,40-,43+,44?/m0/s1. The lowest BCUT2D eigenvalue weighted by molar-refractivity contribution is -0.117. The number of nitrogens with one attached hydrogen (secondary N) is 1. The minimum atomic E-state index is -1.26. The maximum absolute atomic E-state index is 15.0. The number of benzene rings is 4. The van der Waals surface area contributed by atoms with Crippen molar-refractivity contribution in [2.75, 3.05) is 60.6 Å². The first-order chi connectivity index (χ1) is 29.5. The van der Waals surface area contributed by atoms with Crippen LogP contribution in [-0.2, 0) is 28.0 Å². The quantitative estimate of drug-likeness (QED) is 0.171. The minimum absolute atomic E-state index is 0.0105. The van der Waals surface area contributed by atoms with Crippen molar-refractivity contribution in [3.63, 3.8) is 0 Å². The first kappa shape index (κ1) is 40.0. The fourth-order valence-electron chi connectivity index (χ4n) is 9.03. The molecule has 4 amide bonds. The lowest BCUT2D eigenvalue weighted by Crippen LogP contribution is -2.70. The number of carbonyl (C=O) groups is 2. The van der Waals surface area contributed by atoms with Crippen LogP contribution >= 0.6 is 0 Å². The Bertz CT molecular complexity index is 2340. The summed E-state index contributed by atoms with van der Waals surface area (Å²) in [4.78, 5) is 38.6. The number of nitrogens with two attached hydrogens (primary N) is 1.